The van der Waals surface area contributed by atoms with Crippen molar-refractivity contribution in [1.82, 2.24) is 0 Å². The Hall–Kier alpha value is -0.530. The Morgan fingerprint density at radius 3 is 2.61 bits per heavy atom. The van der Waals surface area contributed by atoms with E-state index in [9.17, 15) is 0 Å². The van der Waals surface area contributed by atoms with Gasteiger partial charge in [0, 0.05) is 17.9 Å². The molecule has 0 N–H and O–H groups in total. The monoisotopic (exact) mass is 264 g/mol. The first kappa shape index (κ1) is 12.5. The van der Waals surface area contributed by atoms with E-state index in [-0.39, 0.29) is 5.41 Å². The fraction of sp³-hybridized carbons (Fsp3) is 0.625. The van der Waals surface area contributed by atoms with E-state index < -0.39 is 0 Å². The van der Waals surface area contributed by atoms with Crippen molar-refractivity contribution >= 4 is 11.6 Å². The summed E-state index contributed by atoms with van der Waals surface area (Å²) in [6, 6.07) is 8.87. The van der Waals surface area contributed by atoms with E-state index in [1.807, 2.05) is 0 Å². The van der Waals surface area contributed by atoms with Crippen LogP contribution in [0.1, 0.15) is 30.4 Å². The number of rotatable bonds is 4. The number of hydrogen-bond acceptors (Lipinski definition) is 1. The summed E-state index contributed by atoms with van der Waals surface area (Å²) in [6.07, 6.45) is 5.24. The molecule has 1 aliphatic carbocycles. The maximum Gasteiger partial charge on any atom is 0.0674 e. The Morgan fingerprint density at radius 2 is 2.00 bits per heavy atom. The summed E-state index contributed by atoms with van der Waals surface area (Å²) in [5, 5.41) is 0. The van der Waals surface area contributed by atoms with Crippen LogP contribution in [0.25, 0.3) is 0 Å². The molecular formula is C16H21ClO. The Balaban J connectivity index is 1.80. The van der Waals surface area contributed by atoms with E-state index >= 15 is 0 Å². The highest BCUT2D eigenvalue weighted by molar-refractivity contribution is 6.18. The predicted molar refractivity (Wildman–Crippen MR) is 75.1 cm³/mol. The maximum atomic E-state index is 6.33. The average Bonchev–Trinajstić information content (AvgIpc) is 3.14. The summed E-state index contributed by atoms with van der Waals surface area (Å²) in [5.74, 6) is 1.50. The molecule has 1 aromatic carbocycles. The number of alkyl halides is 1. The van der Waals surface area contributed by atoms with Crippen LogP contribution in [0.4, 0.5) is 0 Å². The van der Waals surface area contributed by atoms with Gasteiger partial charge in [-0.1, -0.05) is 29.8 Å². The van der Waals surface area contributed by atoms with Crippen LogP contribution in [-0.2, 0) is 11.2 Å². The van der Waals surface area contributed by atoms with Crippen LogP contribution in [0, 0.1) is 18.3 Å². The molecule has 2 aliphatic rings. The van der Waals surface area contributed by atoms with E-state index in [4.69, 9.17) is 16.3 Å². The summed E-state index contributed by atoms with van der Waals surface area (Å²) in [7, 11) is 0. The van der Waals surface area contributed by atoms with Crippen molar-refractivity contribution in [2.24, 2.45) is 11.3 Å². The second-order valence-corrected chi connectivity index (χ2v) is 6.30. The van der Waals surface area contributed by atoms with Gasteiger partial charge >= 0.3 is 0 Å². The zero-order valence-corrected chi connectivity index (χ0v) is 11.7. The van der Waals surface area contributed by atoms with Gasteiger partial charge in [0.2, 0.25) is 0 Å². The van der Waals surface area contributed by atoms with Crippen LogP contribution >= 0.6 is 11.6 Å². The molecule has 2 atom stereocenters. The van der Waals surface area contributed by atoms with Crippen LogP contribution in [-0.4, -0.2) is 18.6 Å². The molecular weight excluding hydrogens is 244 g/mol. The molecule has 0 aromatic heterocycles. The van der Waals surface area contributed by atoms with Crippen molar-refractivity contribution in [3.05, 3.63) is 35.4 Å². The van der Waals surface area contributed by atoms with Crippen molar-refractivity contribution in [2.75, 3.05) is 12.5 Å². The second-order valence-electron chi connectivity index (χ2n) is 6.04. The molecule has 3 rings (SSSR count). The van der Waals surface area contributed by atoms with E-state index in [0.29, 0.717) is 6.10 Å². The van der Waals surface area contributed by atoms with Crippen LogP contribution in [0.5, 0.6) is 0 Å². The lowest BCUT2D eigenvalue weighted by Crippen LogP contribution is -2.36. The van der Waals surface area contributed by atoms with Gasteiger partial charge in [-0.3, -0.25) is 0 Å². The number of hydrogen-bond donors (Lipinski definition) is 0. The molecule has 0 bridgehead atoms. The van der Waals surface area contributed by atoms with Crippen molar-refractivity contribution in [3.8, 4) is 0 Å². The van der Waals surface area contributed by atoms with Crippen LogP contribution < -0.4 is 0 Å². The normalized spacial score (nSPS) is 31.8. The third-order valence-electron chi connectivity index (χ3n) is 4.49. The maximum absolute atomic E-state index is 6.33. The lowest BCUT2D eigenvalue weighted by atomic mass is 9.75. The number of halogens is 1. The minimum Gasteiger partial charge on any atom is -0.377 e. The van der Waals surface area contributed by atoms with Gasteiger partial charge in [-0.25, -0.2) is 0 Å². The second kappa shape index (κ2) is 4.86. The van der Waals surface area contributed by atoms with E-state index in [1.54, 1.807) is 0 Å². The number of benzene rings is 1. The van der Waals surface area contributed by atoms with Crippen LogP contribution in [0.2, 0.25) is 0 Å². The van der Waals surface area contributed by atoms with Crippen molar-refractivity contribution in [1.29, 1.82) is 0 Å². The topological polar surface area (TPSA) is 9.23 Å². The third kappa shape index (κ3) is 2.31. The first-order valence-corrected chi connectivity index (χ1v) is 7.50. The van der Waals surface area contributed by atoms with E-state index in [0.717, 1.165) is 31.2 Å². The standard InChI is InChI=1S/C16H21ClO/c1-12-2-4-13(5-3-12)10-16(11-17)8-9-18-15(16)14-6-7-14/h2-5,14-15H,6-11H2,1H3. The molecule has 2 fully saturated rings. The van der Waals surface area contributed by atoms with Gasteiger partial charge in [0.15, 0.2) is 0 Å². The minimum absolute atomic E-state index is 0.179. The average molecular weight is 265 g/mol. The molecule has 1 saturated carbocycles. The van der Waals surface area contributed by atoms with Crippen molar-refractivity contribution in [2.45, 2.75) is 38.7 Å². The lowest BCUT2D eigenvalue weighted by molar-refractivity contribution is 0.0403. The fourth-order valence-corrected chi connectivity index (χ4v) is 3.61. The fourth-order valence-electron chi connectivity index (χ4n) is 3.23. The van der Waals surface area contributed by atoms with Gasteiger partial charge in [0.25, 0.3) is 0 Å². The minimum atomic E-state index is 0.179. The van der Waals surface area contributed by atoms with Gasteiger partial charge in [0.05, 0.1) is 6.10 Å². The lowest BCUT2D eigenvalue weighted by Gasteiger charge is -2.32. The van der Waals surface area contributed by atoms with Gasteiger partial charge in [0.1, 0.15) is 0 Å². The Labute approximate surface area is 114 Å². The molecule has 1 aliphatic heterocycles. The Morgan fingerprint density at radius 1 is 1.28 bits per heavy atom. The highest BCUT2D eigenvalue weighted by Gasteiger charge is 2.50. The zero-order chi connectivity index (χ0) is 12.6. The Bertz CT molecular complexity index is 410. The quantitative estimate of drug-likeness (QED) is 0.748. The molecule has 1 saturated heterocycles. The summed E-state index contributed by atoms with van der Waals surface area (Å²) in [5.41, 5.74) is 2.90. The van der Waals surface area contributed by atoms with E-state index in [1.165, 1.54) is 24.0 Å². The van der Waals surface area contributed by atoms with Gasteiger partial charge in [-0.15, -0.1) is 11.6 Å². The molecule has 0 spiro atoms. The summed E-state index contributed by atoms with van der Waals surface area (Å²) in [6.45, 7) is 3.02. The Kier molecular flexibility index (Phi) is 3.38. The van der Waals surface area contributed by atoms with Crippen molar-refractivity contribution in [3.63, 3.8) is 0 Å². The summed E-state index contributed by atoms with van der Waals surface area (Å²) in [4.78, 5) is 0. The zero-order valence-electron chi connectivity index (χ0n) is 11.0. The molecule has 0 radical (unpaired) electrons. The highest BCUT2D eigenvalue weighted by atomic mass is 35.5. The molecule has 0 amide bonds. The summed E-state index contributed by atoms with van der Waals surface area (Å²) < 4.78 is 6.00. The SMILES string of the molecule is Cc1ccc(CC2(CCl)CCOC2C2CC2)cc1. The van der Waals surface area contributed by atoms with Gasteiger partial charge in [-0.2, -0.15) is 0 Å². The van der Waals surface area contributed by atoms with Crippen LogP contribution in [0.15, 0.2) is 24.3 Å². The molecule has 1 nitrogen and oxygen atoms in total. The van der Waals surface area contributed by atoms with Gasteiger partial charge < -0.3 is 4.74 Å². The van der Waals surface area contributed by atoms with Gasteiger partial charge in [-0.05, 0) is 44.1 Å². The number of ether oxygens (including phenoxy) is 1. The largest absolute Gasteiger partial charge is 0.377 e. The smallest absolute Gasteiger partial charge is 0.0674 e. The summed E-state index contributed by atoms with van der Waals surface area (Å²) >= 11 is 6.33. The predicted octanol–water partition coefficient (Wildman–Crippen LogP) is 3.96. The third-order valence-corrected chi connectivity index (χ3v) is 5.03. The van der Waals surface area contributed by atoms with Crippen molar-refractivity contribution < 1.29 is 4.74 Å². The van der Waals surface area contributed by atoms with E-state index in [2.05, 4.69) is 31.2 Å². The molecule has 1 aromatic rings. The molecule has 18 heavy (non-hydrogen) atoms. The number of aryl methyl sites for hydroxylation is 1. The van der Waals surface area contributed by atoms with Crippen LogP contribution in [0.3, 0.4) is 0 Å². The molecule has 2 heteroatoms. The molecule has 1 heterocycles. The molecule has 2 unspecified atom stereocenters. The highest BCUT2D eigenvalue weighted by Crippen LogP contribution is 2.49. The first-order chi connectivity index (χ1) is 8.73. The molecule has 98 valence electrons. The first-order valence-electron chi connectivity index (χ1n) is 6.97.